The molecule has 0 N–H and O–H groups in total. The van der Waals surface area contributed by atoms with Crippen LogP contribution >= 0.6 is 0 Å². The number of hydrogen-bond donors (Lipinski definition) is 0. The lowest BCUT2D eigenvalue weighted by Gasteiger charge is -2.25. The maximum absolute atomic E-state index is 14.2. The number of carbonyl (C=O) groups is 1. The molecule has 0 aliphatic rings. The number of aryl methyl sites for hydroxylation is 1. The Kier molecular flexibility index (Phi) is 6.07. The van der Waals surface area contributed by atoms with Crippen LogP contribution in [0.15, 0.2) is 42.5 Å². The molecule has 3 aromatic rings. The number of nitrogens with zero attached hydrogens (tertiary/aromatic N) is 3. The second-order valence-electron chi connectivity index (χ2n) is 7.38. The van der Waals surface area contributed by atoms with Crippen LogP contribution in [0.3, 0.4) is 0 Å². The number of imidazole rings is 1. The predicted molar refractivity (Wildman–Crippen MR) is 106 cm³/mol. The van der Waals surface area contributed by atoms with Crippen molar-refractivity contribution in [1.82, 2.24) is 14.5 Å². The summed E-state index contributed by atoms with van der Waals surface area (Å²) in [4.78, 5) is 19.2. The van der Waals surface area contributed by atoms with E-state index in [1.54, 1.807) is 17.0 Å². The molecule has 0 aliphatic carbocycles. The predicted octanol–water partition coefficient (Wildman–Crippen LogP) is 5.02. The van der Waals surface area contributed by atoms with Gasteiger partial charge in [0.15, 0.2) is 5.82 Å². The Morgan fingerprint density at radius 2 is 1.93 bits per heavy atom. The fraction of sp³-hybridized carbons (Fsp3) is 0.364. The van der Waals surface area contributed by atoms with Crippen LogP contribution in [0.5, 0.6) is 0 Å². The lowest BCUT2D eigenvalue weighted by atomic mass is 10.1. The summed E-state index contributed by atoms with van der Waals surface area (Å²) in [5.41, 5.74) is 1.33. The van der Waals surface area contributed by atoms with E-state index in [0.29, 0.717) is 30.0 Å². The van der Waals surface area contributed by atoms with Crippen molar-refractivity contribution in [2.75, 3.05) is 6.54 Å². The Labute approximate surface area is 163 Å². The molecular formula is C22H25F2N3O. The summed E-state index contributed by atoms with van der Waals surface area (Å²) >= 11 is 0. The van der Waals surface area contributed by atoms with Crippen molar-refractivity contribution in [2.24, 2.45) is 5.92 Å². The number of rotatable bonds is 7. The van der Waals surface area contributed by atoms with Gasteiger partial charge in [0, 0.05) is 18.7 Å². The molecule has 1 amide bonds. The highest BCUT2D eigenvalue weighted by molar-refractivity contribution is 5.94. The minimum atomic E-state index is -0.448. The van der Waals surface area contributed by atoms with Crippen LogP contribution in [-0.4, -0.2) is 26.9 Å². The smallest absolute Gasteiger partial charge is 0.254 e. The second-order valence-corrected chi connectivity index (χ2v) is 7.38. The van der Waals surface area contributed by atoms with Crippen LogP contribution in [0.4, 0.5) is 8.78 Å². The van der Waals surface area contributed by atoms with Crippen molar-refractivity contribution in [3.63, 3.8) is 0 Å². The molecule has 0 saturated carbocycles. The molecule has 0 saturated heterocycles. The number of carbonyl (C=O) groups excluding carboxylic acids is 1. The minimum absolute atomic E-state index is 0.221. The molecule has 0 spiro atoms. The fourth-order valence-corrected chi connectivity index (χ4v) is 3.39. The Morgan fingerprint density at radius 3 is 2.61 bits per heavy atom. The Balaban J connectivity index is 2.00. The molecule has 0 radical (unpaired) electrons. The Bertz CT molecular complexity index is 981. The van der Waals surface area contributed by atoms with E-state index < -0.39 is 5.82 Å². The van der Waals surface area contributed by atoms with Gasteiger partial charge in [-0.15, -0.1) is 0 Å². The molecule has 3 rings (SSSR count). The summed E-state index contributed by atoms with van der Waals surface area (Å²) in [6.07, 6.45) is 0.858. The average molecular weight is 385 g/mol. The van der Waals surface area contributed by atoms with Crippen LogP contribution in [-0.2, 0) is 13.1 Å². The summed E-state index contributed by atoms with van der Waals surface area (Å²) in [6, 6.07) is 10.6. The van der Waals surface area contributed by atoms with Crippen molar-refractivity contribution >= 4 is 16.9 Å². The van der Waals surface area contributed by atoms with E-state index >= 15 is 0 Å². The van der Waals surface area contributed by atoms with E-state index in [-0.39, 0.29) is 24.2 Å². The van der Waals surface area contributed by atoms with Crippen molar-refractivity contribution in [3.05, 3.63) is 65.5 Å². The Hall–Kier alpha value is -2.76. The molecule has 0 fully saturated rings. The third-order valence-corrected chi connectivity index (χ3v) is 4.53. The van der Waals surface area contributed by atoms with E-state index in [4.69, 9.17) is 0 Å². The van der Waals surface area contributed by atoms with Crippen LogP contribution in [0.25, 0.3) is 11.0 Å². The van der Waals surface area contributed by atoms with E-state index in [0.717, 1.165) is 11.9 Å². The zero-order valence-corrected chi connectivity index (χ0v) is 16.5. The topological polar surface area (TPSA) is 38.1 Å². The zero-order chi connectivity index (χ0) is 20.3. The van der Waals surface area contributed by atoms with Gasteiger partial charge in [-0.3, -0.25) is 4.79 Å². The number of benzene rings is 2. The third-order valence-electron chi connectivity index (χ3n) is 4.53. The van der Waals surface area contributed by atoms with Crippen LogP contribution in [0.1, 0.15) is 43.4 Å². The van der Waals surface area contributed by atoms with E-state index in [2.05, 4.69) is 4.98 Å². The third kappa shape index (κ3) is 4.21. The number of halogens is 2. The summed E-state index contributed by atoms with van der Waals surface area (Å²) < 4.78 is 29.8. The summed E-state index contributed by atoms with van der Waals surface area (Å²) in [5, 5.41) is 0. The minimum Gasteiger partial charge on any atom is -0.331 e. The number of para-hydroxylation sites is 1. The van der Waals surface area contributed by atoms with E-state index in [9.17, 15) is 13.6 Å². The molecule has 4 nitrogen and oxygen atoms in total. The maximum atomic E-state index is 14.2. The first-order valence-electron chi connectivity index (χ1n) is 9.59. The standard InChI is InChI=1S/C22H25F2N3O/c1-4-11-27-19-10-6-9-18(24)21(19)25-20(27)14-26(13-15(2)3)22(28)16-7-5-8-17(23)12-16/h5-10,12,15H,4,11,13-14H2,1-3H3. The SMILES string of the molecule is CCCn1c(CN(CC(C)C)C(=O)c2cccc(F)c2)nc2c(F)cccc21. The van der Waals surface area contributed by atoms with Crippen molar-refractivity contribution in [2.45, 2.75) is 40.3 Å². The van der Waals surface area contributed by atoms with Gasteiger partial charge in [-0.25, -0.2) is 13.8 Å². The van der Waals surface area contributed by atoms with E-state index in [1.165, 1.54) is 24.3 Å². The number of amides is 1. The van der Waals surface area contributed by atoms with Gasteiger partial charge in [-0.2, -0.15) is 0 Å². The zero-order valence-electron chi connectivity index (χ0n) is 16.5. The first-order chi connectivity index (χ1) is 13.4. The quantitative estimate of drug-likeness (QED) is 0.573. The largest absolute Gasteiger partial charge is 0.331 e. The number of aromatic nitrogens is 2. The van der Waals surface area contributed by atoms with Crippen molar-refractivity contribution in [1.29, 1.82) is 0 Å². The van der Waals surface area contributed by atoms with Gasteiger partial charge in [0.05, 0.1) is 12.1 Å². The normalized spacial score (nSPS) is 11.4. The second kappa shape index (κ2) is 8.50. The molecule has 0 atom stereocenters. The van der Waals surface area contributed by atoms with Gasteiger partial charge in [0.25, 0.3) is 5.91 Å². The van der Waals surface area contributed by atoms with Crippen LogP contribution < -0.4 is 0 Å². The lowest BCUT2D eigenvalue weighted by Crippen LogP contribution is -2.34. The van der Waals surface area contributed by atoms with Crippen molar-refractivity contribution in [3.8, 4) is 0 Å². The van der Waals surface area contributed by atoms with Gasteiger partial charge in [-0.05, 0) is 42.7 Å². The molecule has 0 unspecified atom stereocenters. The molecule has 0 aliphatic heterocycles. The number of fused-ring (bicyclic) bond motifs is 1. The Morgan fingerprint density at radius 1 is 1.18 bits per heavy atom. The van der Waals surface area contributed by atoms with Crippen LogP contribution in [0.2, 0.25) is 0 Å². The monoisotopic (exact) mass is 385 g/mol. The molecule has 1 aromatic heterocycles. The summed E-state index contributed by atoms with van der Waals surface area (Å²) in [6.45, 7) is 7.48. The van der Waals surface area contributed by atoms with Crippen molar-refractivity contribution < 1.29 is 13.6 Å². The fourth-order valence-electron chi connectivity index (χ4n) is 3.39. The first kappa shape index (κ1) is 20.0. The van der Waals surface area contributed by atoms with Gasteiger partial charge < -0.3 is 9.47 Å². The molecule has 6 heteroatoms. The highest BCUT2D eigenvalue weighted by Crippen LogP contribution is 2.22. The molecule has 148 valence electrons. The van der Waals surface area contributed by atoms with Crippen LogP contribution in [0, 0.1) is 17.6 Å². The molecule has 2 aromatic carbocycles. The first-order valence-corrected chi connectivity index (χ1v) is 9.59. The summed E-state index contributed by atoms with van der Waals surface area (Å²) in [5.74, 6) is -0.231. The summed E-state index contributed by atoms with van der Waals surface area (Å²) in [7, 11) is 0. The van der Waals surface area contributed by atoms with Gasteiger partial charge in [-0.1, -0.05) is 32.9 Å². The van der Waals surface area contributed by atoms with Gasteiger partial charge in [0.1, 0.15) is 17.2 Å². The highest BCUT2D eigenvalue weighted by Gasteiger charge is 2.22. The molecule has 0 bridgehead atoms. The van der Waals surface area contributed by atoms with Gasteiger partial charge >= 0.3 is 0 Å². The highest BCUT2D eigenvalue weighted by atomic mass is 19.1. The number of hydrogen-bond acceptors (Lipinski definition) is 2. The molecular weight excluding hydrogens is 360 g/mol. The van der Waals surface area contributed by atoms with Gasteiger partial charge in [0.2, 0.25) is 0 Å². The maximum Gasteiger partial charge on any atom is 0.254 e. The average Bonchev–Trinajstić information content (AvgIpc) is 2.99. The molecule has 28 heavy (non-hydrogen) atoms. The lowest BCUT2D eigenvalue weighted by molar-refractivity contribution is 0.0715. The van der Waals surface area contributed by atoms with E-state index in [1.807, 2.05) is 31.4 Å². The molecule has 1 heterocycles.